The van der Waals surface area contributed by atoms with E-state index in [2.05, 4.69) is 10.3 Å². The molecule has 1 N–H and O–H groups in total. The predicted molar refractivity (Wildman–Crippen MR) is 93.5 cm³/mol. The Morgan fingerprint density at radius 1 is 1.44 bits per heavy atom. The van der Waals surface area contributed by atoms with Crippen molar-refractivity contribution >= 4 is 33.8 Å². The van der Waals surface area contributed by atoms with E-state index in [0.29, 0.717) is 0 Å². The zero-order valence-electron chi connectivity index (χ0n) is 13.2. The summed E-state index contributed by atoms with van der Waals surface area (Å²) in [5.74, 6) is -0.314. The number of nitro groups is 1. The molecular formula is C16H14N4O4S. The van der Waals surface area contributed by atoms with Gasteiger partial charge in [-0.2, -0.15) is 0 Å². The second kappa shape index (κ2) is 6.81. The first-order valence-corrected chi connectivity index (χ1v) is 8.30. The first kappa shape index (κ1) is 16.8. The third kappa shape index (κ3) is 3.56. The summed E-state index contributed by atoms with van der Waals surface area (Å²) in [4.78, 5) is 39.9. The number of aromatic nitrogens is 2. The Morgan fingerprint density at radius 2 is 2.24 bits per heavy atom. The number of non-ortho nitro benzene ring substituents is 1. The summed E-state index contributed by atoms with van der Waals surface area (Å²) < 4.78 is 1.19. The van der Waals surface area contributed by atoms with Crippen molar-refractivity contribution in [3.8, 4) is 0 Å². The molecule has 0 aliphatic carbocycles. The van der Waals surface area contributed by atoms with Crippen molar-refractivity contribution in [2.75, 3.05) is 0 Å². The lowest BCUT2D eigenvalue weighted by atomic mass is 10.2. The van der Waals surface area contributed by atoms with E-state index >= 15 is 0 Å². The molecule has 1 unspecified atom stereocenters. The van der Waals surface area contributed by atoms with Gasteiger partial charge in [0, 0.05) is 17.0 Å². The second-order valence-corrected chi connectivity index (χ2v) is 6.42. The molecular weight excluding hydrogens is 344 g/mol. The first-order valence-electron chi connectivity index (χ1n) is 7.42. The van der Waals surface area contributed by atoms with Crippen LogP contribution in [-0.2, 0) is 11.3 Å². The summed E-state index contributed by atoms with van der Waals surface area (Å²) in [7, 11) is 0. The number of benzene rings is 1. The van der Waals surface area contributed by atoms with Gasteiger partial charge in [-0.05, 0) is 24.4 Å². The predicted octanol–water partition coefficient (Wildman–Crippen LogP) is 2.24. The van der Waals surface area contributed by atoms with Crippen molar-refractivity contribution in [1.29, 1.82) is 0 Å². The number of fused-ring (bicyclic) bond motifs is 1. The van der Waals surface area contributed by atoms with Crippen LogP contribution in [0.15, 0.2) is 46.8 Å². The molecule has 0 radical (unpaired) electrons. The lowest BCUT2D eigenvalue weighted by molar-refractivity contribution is -0.384. The van der Waals surface area contributed by atoms with Gasteiger partial charge in [-0.15, -0.1) is 11.3 Å². The topological polar surface area (TPSA) is 107 Å². The quantitative estimate of drug-likeness (QED) is 0.556. The Balaban J connectivity index is 1.80. The molecule has 0 aliphatic rings. The maximum absolute atomic E-state index is 12.4. The Morgan fingerprint density at radius 3 is 2.92 bits per heavy atom. The van der Waals surface area contributed by atoms with Crippen molar-refractivity contribution in [2.24, 2.45) is 0 Å². The van der Waals surface area contributed by atoms with E-state index in [1.54, 1.807) is 0 Å². The van der Waals surface area contributed by atoms with Crippen molar-refractivity contribution in [2.45, 2.75) is 19.5 Å². The first-order chi connectivity index (χ1) is 12.0. The maximum Gasteiger partial charge on any atom is 0.271 e. The number of carbonyl (C=O) groups is 1. The van der Waals surface area contributed by atoms with Gasteiger partial charge < -0.3 is 5.32 Å². The fourth-order valence-electron chi connectivity index (χ4n) is 2.42. The lowest BCUT2D eigenvalue weighted by Crippen LogP contribution is -2.33. The van der Waals surface area contributed by atoms with Gasteiger partial charge in [0.2, 0.25) is 5.91 Å². The van der Waals surface area contributed by atoms with E-state index in [1.165, 1.54) is 40.4 Å². The van der Waals surface area contributed by atoms with Crippen molar-refractivity contribution in [1.82, 2.24) is 14.9 Å². The number of thiophene rings is 1. The number of amides is 1. The number of hydrogen-bond acceptors (Lipinski definition) is 6. The van der Waals surface area contributed by atoms with Crippen LogP contribution < -0.4 is 10.9 Å². The van der Waals surface area contributed by atoms with Gasteiger partial charge in [-0.3, -0.25) is 24.3 Å². The van der Waals surface area contributed by atoms with Gasteiger partial charge in [0.15, 0.2) is 0 Å². The van der Waals surface area contributed by atoms with Crippen molar-refractivity contribution < 1.29 is 9.72 Å². The number of rotatable bonds is 5. The molecule has 128 valence electrons. The van der Waals surface area contributed by atoms with Crippen LogP contribution in [0.4, 0.5) is 5.69 Å². The molecule has 25 heavy (non-hydrogen) atoms. The van der Waals surface area contributed by atoms with E-state index in [1.807, 2.05) is 24.4 Å². The normalized spacial score (nSPS) is 12.0. The number of nitrogens with zero attached hydrogens (tertiary/aromatic N) is 3. The van der Waals surface area contributed by atoms with E-state index in [9.17, 15) is 19.7 Å². The van der Waals surface area contributed by atoms with Crippen LogP contribution in [0, 0.1) is 10.1 Å². The highest BCUT2D eigenvalue weighted by atomic mass is 32.1. The number of carbonyl (C=O) groups excluding carboxylic acids is 1. The highest BCUT2D eigenvalue weighted by molar-refractivity contribution is 7.10. The van der Waals surface area contributed by atoms with E-state index in [-0.39, 0.29) is 35.1 Å². The second-order valence-electron chi connectivity index (χ2n) is 5.44. The molecule has 3 aromatic rings. The molecule has 2 heterocycles. The third-order valence-electron chi connectivity index (χ3n) is 3.68. The zero-order chi connectivity index (χ0) is 18.0. The van der Waals surface area contributed by atoms with Gasteiger partial charge in [-0.25, -0.2) is 4.98 Å². The molecule has 9 heteroatoms. The molecule has 0 spiro atoms. The molecule has 3 rings (SSSR count). The molecule has 0 aliphatic heterocycles. The van der Waals surface area contributed by atoms with Gasteiger partial charge in [0.05, 0.1) is 28.2 Å². The molecule has 8 nitrogen and oxygen atoms in total. The monoisotopic (exact) mass is 358 g/mol. The SMILES string of the molecule is CC(NC(=O)Cn1cnc2cc([N+](=O)[O-])ccc2c1=O)c1cccs1. The van der Waals surface area contributed by atoms with Crippen LogP contribution in [0.5, 0.6) is 0 Å². The Hall–Kier alpha value is -3.07. The minimum absolute atomic E-state index is 0.139. The number of nitrogens with one attached hydrogen (secondary N) is 1. The lowest BCUT2D eigenvalue weighted by Gasteiger charge is -2.13. The average molecular weight is 358 g/mol. The van der Waals surface area contributed by atoms with Crippen LogP contribution in [0.3, 0.4) is 0 Å². The summed E-state index contributed by atoms with van der Waals surface area (Å²) in [6, 6.07) is 7.51. The van der Waals surface area contributed by atoms with E-state index < -0.39 is 10.5 Å². The molecule has 2 aromatic heterocycles. The zero-order valence-corrected chi connectivity index (χ0v) is 14.0. The fraction of sp³-hybridized carbons (Fsp3) is 0.188. The van der Waals surface area contributed by atoms with Crippen LogP contribution >= 0.6 is 11.3 Å². The number of hydrogen-bond donors (Lipinski definition) is 1. The van der Waals surface area contributed by atoms with Crippen LogP contribution in [0.25, 0.3) is 10.9 Å². The summed E-state index contributed by atoms with van der Waals surface area (Å²) in [5, 5.41) is 15.8. The highest BCUT2D eigenvalue weighted by Gasteiger charge is 2.14. The smallest absolute Gasteiger partial charge is 0.271 e. The van der Waals surface area contributed by atoms with Crippen LogP contribution in [-0.4, -0.2) is 20.4 Å². The molecule has 0 bridgehead atoms. The van der Waals surface area contributed by atoms with Crippen molar-refractivity contribution in [3.05, 3.63) is 67.4 Å². The molecule has 0 fully saturated rings. The van der Waals surface area contributed by atoms with Gasteiger partial charge in [-0.1, -0.05) is 6.07 Å². The fourth-order valence-corrected chi connectivity index (χ4v) is 3.16. The van der Waals surface area contributed by atoms with Crippen molar-refractivity contribution in [3.63, 3.8) is 0 Å². The molecule has 0 saturated heterocycles. The molecule has 1 amide bonds. The Labute approximate surface area is 145 Å². The van der Waals surface area contributed by atoms with Crippen LogP contribution in [0.1, 0.15) is 17.8 Å². The van der Waals surface area contributed by atoms with Gasteiger partial charge in [0.25, 0.3) is 11.2 Å². The third-order valence-corrected chi connectivity index (χ3v) is 4.74. The minimum Gasteiger partial charge on any atom is -0.347 e. The van der Waals surface area contributed by atoms with E-state index in [0.717, 1.165) is 4.88 Å². The maximum atomic E-state index is 12.4. The average Bonchev–Trinajstić information content (AvgIpc) is 3.11. The Bertz CT molecular complexity index is 997. The standard InChI is InChI=1S/C16H14N4O4S/c1-10(14-3-2-6-25-14)18-15(21)8-19-9-17-13-7-11(20(23)24)4-5-12(13)16(19)22/h2-7,9-10H,8H2,1H3,(H,18,21). The highest BCUT2D eigenvalue weighted by Crippen LogP contribution is 2.18. The molecule has 1 aromatic carbocycles. The minimum atomic E-state index is -0.550. The summed E-state index contributed by atoms with van der Waals surface area (Å²) in [5.41, 5.74) is -0.332. The Kier molecular flexibility index (Phi) is 4.57. The largest absolute Gasteiger partial charge is 0.347 e. The summed E-state index contributed by atoms with van der Waals surface area (Å²) in [6.07, 6.45) is 1.23. The van der Waals surface area contributed by atoms with Crippen LogP contribution in [0.2, 0.25) is 0 Å². The molecule has 0 saturated carbocycles. The van der Waals surface area contributed by atoms with Gasteiger partial charge in [0.1, 0.15) is 6.54 Å². The summed E-state index contributed by atoms with van der Waals surface area (Å²) in [6.45, 7) is 1.69. The number of nitro benzene ring substituents is 1. The summed E-state index contributed by atoms with van der Waals surface area (Å²) >= 11 is 1.54. The molecule has 1 atom stereocenters. The van der Waals surface area contributed by atoms with Gasteiger partial charge >= 0.3 is 0 Å². The van der Waals surface area contributed by atoms with E-state index in [4.69, 9.17) is 0 Å².